The van der Waals surface area contributed by atoms with Gasteiger partial charge in [-0.1, -0.05) is 12.1 Å². The summed E-state index contributed by atoms with van der Waals surface area (Å²) in [6.45, 7) is 9.38. The van der Waals surface area contributed by atoms with Crippen molar-refractivity contribution < 1.29 is 13.9 Å². The topological polar surface area (TPSA) is 32.8 Å². The summed E-state index contributed by atoms with van der Waals surface area (Å²) in [5, 5.41) is 0. The SMILES string of the molecule is CC(C)N1CC2(CCN(Cc3ccc(F)cc3)CC2)O[C@@H](C)C1=O.S. The lowest BCUT2D eigenvalue weighted by molar-refractivity contribution is -0.193. The van der Waals surface area contributed by atoms with Crippen molar-refractivity contribution >= 4 is 19.4 Å². The number of carbonyl (C=O) groups excluding carboxylic acids is 1. The summed E-state index contributed by atoms with van der Waals surface area (Å²) in [7, 11) is 0. The van der Waals surface area contributed by atoms with Gasteiger partial charge in [0.05, 0.1) is 12.1 Å². The normalized spacial score (nSPS) is 23.8. The van der Waals surface area contributed by atoms with Crippen molar-refractivity contribution in [1.82, 2.24) is 9.80 Å². The number of nitrogens with zero attached hydrogens (tertiary/aromatic N) is 2. The molecule has 2 fully saturated rings. The molecule has 0 bridgehead atoms. The molecule has 1 atom stereocenters. The van der Waals surface area contributed by atoms with Gasteiger partial charge in [-0.15, -0.1) is 0 Å². The molecule has 25 heavy (non-hydrogen) atoms. The Bertz CT molecular complexity index is 586. The van der Waals surface area contributed by atoms with Crippen LogP contribution in [0.3, 0.4) is 0 Å². The monoisotopic (exact) mass is 368 g/mol. The van der Waals surface area contributed by atoms with E-state index >= 15 is 0 Å². The van der Waals surface area contributed by atoms with Crippen molar-refractivity contribution in [3.05, 3.63) is 35.6 Å². The van der Waals surface area contributed by atoms with Crippen molar-refractivity contribution in [2.45, 2.75) is 57.9 Å². The fourth-order valence-corrected chi connectivity index (χ4v) is 3.76. The summed E-state index contributed by atoms with van der Waals surface area (Å²) in [6, 6.07) is 6.92. The van der Waals surface area contributed by atoms with Crippen LogP contribution in [0.5, 0.6) is 0 Å². The van der Waals surface area contributed by atoms with E-state index in [4.69, 9.17) is 4.74 Å². The maximum absolute atomic E-state index is 13.0. The van der Waals surface area contributed by atoms with Gasteiger partial charge < -0.3 is 9.64 Å². The maximum atomic E-state index is 13.0. The minimum Gasteiger partial charge on any atom is -0.360 e. The van der Waals surface area contributed by atoms with Gasteiger partial charge in [-0.2, -0.15) is 13.5 Å². The average Bonchev–Trinajstić information content (AvgIpc) is 2.55. The summed E-state index contributed by atoms with van der Waals surface area (Å²) in [4.78, 5) is 16.6. The first-order chi connectivity index (χ1) is 11.4. The molecule has 2 heterocycles. The van der Waals surface area contributed by atoms with Crippen molar-refractivity contribution in [1.29, 1.82) is 0 Å². The number of carbonyl (C=O) groups is 1. The number of halogens is 1. The van der Waals surface area contributed by atoms with E-state index in [-0.39, 0.29) is 43.0 Å². The zero-order valence-corrected chi connectivity index (χ0v) is 16.3. The largest absolute Gasteiger partial charge is 0.360 e. The molecule has 2 saturated heterocycles. The smallest absolute Gasteiger partial charge is 0.251 e. The van der Waals surface area contributed by atoms with E-state index in [9.17, 15) is 9.18 Å². The Morgan fingerprint density at radius 1 is 1.24 bits per heavy atom. The first kappa shape index (κ1) is 20.2. The molecular formula is C19H29FN2O2S. The highest BCUT2D eigenvalue weighted by atomic mass is 32.1. The third-order valence-electron chi connectivity index (χ3n) is 5.23. The third kappa shape index (κ3) is 4.54. The number of likely N-dealkylation sites (tertiary alicyclic amines) is 1. The number of hydrogen-bond donors (Lipinski definition) is 0. The lowest BCUT2D eigenvalue weighted by Gasteiger charge is -2.50. The molecule has 1 amide bonds. The fourth-order valence-electron chi connectivity index (χ4n) is 3.76. The van der Waals surface area contributed by atoms with Crippen LogP contribution in [-0.2, 0) is 16.1 Å². The Balaban J connectivity index is 0.00000225. The lowest BCUT2D eigenvalue weighted by atomic mass is 9.87. The minimum atomic E-state index is -0.357. The number of morpholine rings is 1. The Morgan fingerprint density at radius 2 is 1.84 bits per heavy atom. The van der Waals surface area contributed by atoms with Crippen LogP contribution in [0.2, 0.25) is 0 Å². The average molecular weight is 369 g/mol. The molecular weight excluding hydrogens is 339 g/mol. The lowest BCUT2D eigenvalue weighted by Crippen LogP contribution is -2.62. The second kappa shape index (κ2) is 8.06. The summed E-state index contributed by atoms with van der Waals surface area (Å²) < 4.78 is 19.2. The molecule has 1 aromatic rings. The van der Waals surface area contributed by atoms with Crippen molar-refractivity contribution in [2.75, 3.05) is 19.6 Å². The molecule has 0 radical (unpaired) electrons. The summed E-state index contributed by atoms with van der Waals surface area (Å²) >= 11 is 0. The van der Waals surface area contributed by atoms with Gasteiger partial charge in [-0.25, -0.2) is 4.39 Å². The van der Waals surface area contributed by atoms with E-state index in [1.54, 1.807) is 0 Å². The van der Waals surface area contributed by atoms with Crippen LogP contribution in [0.25, 0.3) is 0 Å². The first-order valence-electron chi connectivity index (χ1n) is 8.84. The Hall–Kier alpha value is -1.11. The van der Waals surface area contributed by atoms with Gasteiger partial charge in [0.25, 0.3) is 5.91 Å². The van der Waals surface area contributed by atoms with E-state index in [0.717, 1.165) is 38.0 Å². The Morgan fingerprint density at radius 3 is 2.40 bits per heavy atom. The number of ether oxygens (including phenoxy) is 1. The number of hydrogen-bond acceptors (Lipinski definition) is 3. The van der Waals surface area contributed by atoms with Gasteiger partial charge in [0.1, 0.15) is 11.9 Å². The van der Waals surface area contributed by atoms with Crippen LogP contribution in [0.15, 0.2) is 24.3 Å². The molecule has 1 spiro atoms. The van der Waals surface area contributed by atoms with E-state index < -0.39 is 0 Å². The van der Waals surface area contributed by atoms with E-state index in [1.165, 1.54) is 12.1 Å². The van der Waals surface area contributed by atoms with Gasteiger partial charge in [-0.3, -0.25) is 9.69 Å². The van der Waals surface area contributed by atoms with Crippen LogP contribution < -0.4 is 0 Å². The number of rotatable bonds is 3. The van der Waals surface area contributed by atoms with Crippen LogP contribution in [0.4, 0.5) is 4.39 Å². The standard InChI is InChI=1S/C19H27FN2O2.H2S/c1-14(2)22-13-19(24-15(3)18(22)23)8-10-21(11-9-19)12-16-4-6-17(20)7-5-16;/h4-7,14-15H,8-13H2,1-3H3;1H2/t15-;/m0./s1. The molecule has 0 N–H and O–H groups in total. The minimum absolute atomic E-state index is 0. The molecule has 1 aromatic carbocycles. The Labute approximate surface area is 156 Å². The zero-order chi connectivity index (χ0) is 17.3. The zero-order valence-electron chi connectivity index (χ0n) is 15.3. The highest BCUT2D eigenvalue weighted by molar-refractivity contribution is 7.59. The van der Waals surface area contributed by atoms with E-state index in [0.29, 0.717) is 6.54 Å². The molecule has 6 heteroatoms. The molecule has 0 unspecified atom stereocenters. The molecule has 0 aliphatic carbocycles. The van der Waals surface area contributed by atoms with E-state index in [1.807, 2.05) is 24.0 Å². The van der Waals surface area contributed by atoms with Crippen molar-refractivity contribution in [2.24, 2.45) is 0 Å². The fraction of sp³-hybridized carbons (Fsp3) is 0.632. The summed E-state index contributed by atoms with van der Waals surface area (Å²) in [5.74, 6) is -0.0937. The van der Waals surface area contributed by atoms with Crippen LogP contribution in [0.1, 0.15) is 39.2 Å². The molecule has 0 aromatic heterocycles. The van der Waals surface area contributed by atoms with Crippen molar-refractivity contribution in [3.63, 3.8) is 0 Å². The number of amides is 1. The molecule has 140 valence electrons. The van der Waals surface area contributed by atoms with Crippen LogP contribution >= 0.6 is 13.5 Å². The predicted octanol–water partition coefficient (Wildman–Crippen LogP) is 2.93. The van der Waals surface area contributed by atoms with Crippen molar-refractivity contribution in [3.8, 4) is 0 Å². The van der Waals surface area contributed by atoms with Gasteiger partial charge in [-0.05, 0) is 51.3 Å². The highest BCUT2D eigenvalue weighted by Gasteiger charge is 2.45. The molecule has 3 rings (SSSR count). The van der Waals surface area contributed by atoms with E-state index in [2.05, 4.69) is 18.7 Å². The predicted molar refractivity (Wildman–Crippen MR) is 101 cm³/mol. The van der Waals surface area contributed by atoms with Crippen LogP contribution in [-0.4, -0.2) is 53.1 Å². The number of benzene rings is 1. The van der Waals surface area contributed by atoms with Crippen LogP contribution in [0, 0.1) is 5.82 Å². The maximum Gasteiger partial charge on any atom is 0.251 e. The van der Waals surface area contributed by atoms with Gasteiger partial charge in [0.2, 0.25) is 0 Å². The molecule has 2 aliphatic heterocycles. The van der Waals surface area contributed by atoms with Gasteiger partial charge >= 0.3 is 0 Å². The summed E-state index contributed by atoms with van der Waals surface area (Å²) in [5.41, 5.74) is 0.918. The molecule has 4 nitrogen and oxygen atoms in total. The highest BCUT2D eigenvalue weighted by Crippen LogP contribution is 2.34. The second-order valence-corrected chi connectivity index (χ2v) is 7.41. The second-order valence-electron chi connectivity index (χ2n) is 7.41. The van der Waals surface area contributed by atoms with Gasteiger partial charge in [0.15, 0.2) is 0 Å². The Kier molecular flexibility index (Phi) is 6.51. The number of piperidine rings is 1. The quantitative estimate of drug-likeness (QED) is 0.822. The summed E-state index contributed by atoms with van der Waals surface area (Å²) in [6.07, 6.45) is 1.49. The molecule has 0 saturated carbocycles. The molecule has 2 aliphatic rings. The van der Waals surface area contributed by atoms with Gasteiger partial charge in [0, 0.05) is 25.7 Å². The third-order valence-corrected chi connectivity index (χ3v) is 5.23. The first-order valence-corrected chi connectivity index (χ1v) is 8.84.